The van der Waals surface area contributed by atoms with E-state index in [4.69, 9.17) is 9.84 Å². The molecule has 31 heavy (non-hydrogen) atoms. The summed E-state index contributed by atoms with van der Waals surface area (Å²) in [5.41, 5.74) is 4.47. The van der Waals surface area contributed by atoms with Crippen LogP contribution in [0.1, 0.15) is 37.8 Å². The van der Waals surface area contributed by atoms with Gasteiger partial charge in [-0.25, -0.2) is 4.79 Å². The summed E-state index contributed by atoms with van der Waals surface area (Å²) in [6, 6.07) is 15.2. The summed E-state index contributed by atoms with van der Waals surface area (Å²) in [4.78, 5) is 37.3. The molecular formula is C24H28N2O5. The highest BCUT2D eigenvalue weighted by atomic mass is 16.5. The fourth-order valence-corrected chi connectivity index (χ4v) is 3.99. The molecular weight excluding hydrogens is 396 g/mol. The van der Waals surface area contributed by atoms with Gasteiger partial charge in [-0.1, -0.05) is 62.4 Å². The minimum atomic E-state index is -1.10. The molecule has 2 amide bonds. The van der Waals surface area contributed by atoms with Crippen molar-refractivity contribution in [3.63, 3.8) is 0 Å². The Kier molecular flexibility index (Phi) is 6.95. The Morgan fingerprint density at radius 3 is 2.06 bits per heavy atom. The van der Waals surface area contributed by atoms with E-state index in [-0.39, 0.29) is 18.4 Å². The van der Waals surface area contributed by atoms with Crippen LogP contribution in [0.2, 0.25) is 0 Å². The fraction of sp³-hybridized carbons (Fsp3) is 0.375. The van der Waals surface area contributed by atoms with Gasteiger partial charge in [-0.3, -0.25) is 9.59 Å². The lowest BCUT2D eigenvalue weighted by molar-refractivity contribution is -0.145. The van der Waals surface area contributed by atoms with E-state index in [9.17, 15) is 14.4 Å². The Balaban J connectivity index is 1.62. The highest BCUT2D eigenvalue weighted by Crippen LogP contribution is 2.44. The SMILES string of the molecule is CC(C)CN(CC(=O)O)C(=O)C(C)NC(=O)OCC1c2ccccc2-c2ccccc21. The van der Waals surface area contributed by atoms with Gasteiger partial charge in [0, 0.05) is 12.5 Å². The van der Waals surface area contributed by atoms with E-state index in [1.165, 1.54) is 11.8 Å². The largest absolute Gasteiger partial charge is 0.480 e. The van der Waals surface area contributed by atoms with Gasteiger partial charge in [0.1, 0.15) is 19.2 Å². The summed E-state index contributed by atoms with van der Waals surface area (Å²) in [6.45, 7) is 5.34. The number of ether oxygens (including phenoxy) is 1. The Morgan fingerprint density at radius 1 is 1.00 bits per heavy atom. The van der Waals surface area contributed by atoms with E-state index < -0.39 is 30.6 Å². The molecule has 7 heteroatoms. The number of fused-ring (bicyclic) bond motifs is 3. The monoisotopic (exact) mass is 424 g/mol. The molecule has 1 atom stereocenters. The first kappa shape index (κ1) is 22.3. The zero-order valence-electron chi connectivity index (χ0n) is 18.0. The van der Waals surface area contributed by atoms with Crippen LogP contribution in [0.5, 0.6) is 0 Å². The Labute approximate surface area is 182 Å². The van der Waals surface area contributed by atoms with Gasteiger partial charge in [0.15, 0.2) is 0 Å². The van der Waals surface area contributed by atoms with Crippen molar-refractivity contribution in [3.05, 3.63) is 59.7 Å². The molecule has 0 heterocycles. The molecule has 2 aromatic rings. The maximum Gasteiger partial charge on any atom is 0.407 e. The summed E-state index contributed by atoms with van der Waals surface area (Å²) in [5.74, 6) is -1.52. The van der Waals surface area contributed by atoms with E-state index in [0.29, 0.717) is 6.54 Å². The highest BCUT2D eigenvalue weighted by Gasteiger charge is 2.30. The second-order valence-electron chi connectivity index (χ2n) is 8.20. The molecule has 164 valence electrons. The third-order valence-corrected chi connectivity index (χ3v) is 5.27. The van der Waals surface area contributed by atoms with Gasteiger partial charge in [-0.05, 0) is 35.1 Å². The molecule has 2 N–H and O–H groups in total. The maximum absolute atomic E-state index is 12.6. The lowest BCUT2D eigenvalue weighted by atomic mass is 9.98. The van der Waals surface area contributed by atoms with Crippen LogP contribution >= 0.6 is 0 Å². The standard InChI is InChI=1S/C24H28N2O5/c1-15(2)12-26(13-22(27)28)23(29)16(3)25-24(30)31-14-21-19-10-6-4-8-17(19)18-9-5-7-11-20(18)21/h4-11,15-16,21H,12-14H2,1-3H3,(H,25,30)(H,27,28). The molecule has 3 rings (SSSR count). The van der Waals surface area contributed by atoms with Crippen LogP contribution in [-0.4, -0.2) is 53.7 Å². The van der Waals surface area contributed by atoms with Crippen molar-refractivity contribution in [1.29, 1.82) is 0 Å². The minimum absolute atomic E-state index is 0.0754. The number of rotatable bonds is 8. The third kappa shape index (κ3) is 5.23. The lowest BCUT2D eigenvalue weighted by Crippen LogP contribution is -2.49. The molecule has 0 aliphatic heterocycles. The van der Waals surface area contributed by atoms with Crippen LogP contribution in [0.4, 0.5) is 4.79 Å². The molecule has 1 unspecified atom stereocenters. The molecule has 7 nitrogen and oxygen atoms in total. The fourth-order valence-electron chi connectivity index (χ4n) is 3.99. The number of hydrogen-bond donors (Lipinski definition) is 2. The van der Waals surface area contributed by atoms with E-state index in [1.54, 1.807) is 0 Å². The van der Waals surface area contributed by atoms with E-state index >= 15 is 0 Å². The van der Waals surface area contributed by atoms with Crippen LogP contribution in [0.15, 0.2) is 48.5 Å². The Hall–Kier alpha value is -3.35. The molecule has 0 radical (unpaired) electrons. The van der Waals surface area contributed by atoms with E-state index in [0.717, 1.165) is 22.3 Å². The van der Waals surface area contributed by atoms with Crippen LogP contribution < -0.4 is 5.32 Å². The first-order chi connectivity index (χ1) is 14.8. The van der Waals surface area contributed by atoms with E-state index in [2.05, 4.69) is 17.4 Å². The van der Waals surface area contributed by atoms with Gasteiger partial charge in [0.05, 0.1) is 0 Å². The smallest absolute Gasteiger partial charge is 0.407 e. The number of carboxylic acids is 1. The molecule has 2 aromatic carbocycles. The average Bonchev–Trinajstić information content (AvgIpc) is 3.04. The van der Waals surface area contributed by atoms with Crippen molar-refractivity contribution in [1.82, 2.24) is 10.2 Å². The summed E-state index contributed by atoms with van der Waals surface area (Å²) in [6.07, 6.45) is -0.706. The summed E-state index contributed by atoms with van der Waals surface area (Å²) < 4.78 is 5.47. The lowest BCUT2D eigenvalue weighted by Gasteiger charge is -2.26. The number of carboxylic acid groups (broad SMARTS) is 1. The van der Waals surface area contributed by atoms with Gasteiger partial charge < -0.3 is 20.1 Å². The Bertz CT molecular complexity index is 926. The number of nitrogens with one attached hydrogen (secondary N) is 1. The molecule has 0 bridgehead atoms. The zero-order valence-corrected chi connectivity index (χ0v) is 18.0. The van der Waals surface area contributed by atoms with Crippen LogP contribution in [0.3, 0.4) is 0 Å². The first-order valence-corrected chi connectivity index (χ1v) is 10.4. The van der Waals surface area contributed by atoms with Crippen molar-refractivity contribution in [2.45, 2.75) is 32.7 Å². The van der Waals surface area contributed by atoms with Gasteiger partial charge >= 0.3 is 12.1 Å². The van der Waals surface area contributed by atoms with Gasteiger partial charge in [0.2, 0.25) is 5.91 Å². The molecule has 0 fully saturated rings. The second kappa shape index (κ2) is 9.64. The van der Waals surface area contributed by atoms with E-state index in [1.807, 2.05) is 50.2 Å². The molecule has 0 spiro atoms. The highest BCUT2D eigenvalue weighted by molar-refractivity contribution is 5.88. The van der Waals surface area contributed by atoms with Crippen molar-refractivity contribution < 1.29 is 24.2 Å². The van der Waals surface area contributed by atoms with Gasteiger partial charge in [0.25, 0.3) is 0 Å². The number of aliphatic carboxylic acids is 1. The van der Waals surface area contributed by atoms with Gasteiger partial charge in [-0.15, -0.1) is 0 Å². The van der Waals surface area contributed by atoms with Crippen molar-refractivity contribution >= 4 is 18.0 Å². The molecule has 1 aliphatic rings. The van der Waals surface area contributed by atoms with Crippen LogP contribution in [0, 0.1) is 5.92 Å². The summed E-state index contributed by atoms with van der Waals surface area (Å²) in [5, 5.41) is 11.6. The van der Waals surface area contributed by atoms with Crippen molar-refractivity contribution in [2.24, 2.45) is 5.92 Å². The predicted molar refractivity (Wildman–Crippen MR) is 117 cm³/mol. The summed E-state index contributed by atoms with van der Waals surface area (Å²) in [7, 11) is 0. The quantitative estimate of drug-likeness (QED) is 0.676. The maximum atomic E-state index is 12.6. The third-order valence-electron chi connectivity index (χ3n) is 5.27. The molecule has 0 saturated carbocycles. The van der Waals surface area contributed by atoms with Crippen LogP contribution in [0.25, 0.3) is 11.1 Å². The number of carbonyl (C=O) groups excluding carboxylic acids is 2. The molecule has 1 aliphatic carbocycles. The second-order valence-corrected chi connectivity index (χ2v) is 8.20. The number of carbonyl (C=O) groups is 3. The van der Waals surface area contributed by atoms with Gasteiger partial charge in [-0.2, -0.15) is 0 Å². The normalized spacial score (nSPS) is 13.3. The number of hydrogen-bond acceptors (Lipinski definition) is 4. The number of benzene rings is 2. The predicted octanol–water partition coefficient (Wildman–Crippen LogP) is 3.48. The molecule has 0 saturated heterocycles. The number of amides is 2. The number of alkyl carbamates (subject to hydrolysis) is 1. The average molecular weight is 424 g/mol. The minimum Gasteiger partial charge on any atom is -0.480 e. The topological polar surface area (TPSA) is 95.9 Å². The van der Waals surface area contributed by atoms with Crippen molar-refractivity contribution in [3.8, 4) is 11.1 Å². The van der Waals surface area contributed by atoms with Crippen LogP contribution in [-0.2, 0) is 14.3 Å². The first-order valence-electron chi connectivity index (χ1n) is 10.4. The zero-order chi connectivity index (χ0) is 22.5. The van der Waals surface area contributed by atoms with Crippen molar-refractivity contribution in [2.75, 3.05) is 19.7 Å². The molecule has 0 aromatic heterocycles. The number of nitrogens with zero attached hydrogens (tertiary/aromatic N) is 1. The Morgan fingerprint density at radius 2 is 1.55 bits per heavy atom. The summed E-state index contributed by atoms with van der Waals surface area (Å²) >= 11 is 0.